The molecule has 1 rings (SSSR count). The smallest absolute Gasteiger partial charge is 0.491 e. The topological polar surface area (TPSA) is 62.5 Å². The molecule has 0 saturated carbocycles. The van der Waals surface area contributed by atoms with E-state index in [0.29, 0.717) is 0 Å². The van der Waals surface area contributed by atoms with Gasteiger partial charge in [-0.15, -0.1) is 0 Å². The fourth-order valence-electron chi connectivity index (χ4n) is 0.675. The Labute approximate surface area is 72.8 Å². The van der Waals surface area contributed by atoms with Crippen molar-refractivity contribution in [3.8, 4) is 11.8 Å². The molecule has 1 atom stereocenters. The third-order valence-electron chi connectivity index (χ3n) is 1.16. The quantitative estimate of drug-likeness (QED) is 0.732. The maximum Gasteiger partial charge on any atom is 0.491 e. The third kappa shape index (κ3) is 1.77. The number of alkyl halides is 3. The first-order valence-corrected chi connectivity index (χ1v) is 4.03. The van der Waals surface area contributed by atoms with E-state index in [-0.39, 0.29) is 3.97 Å². The number of aromatic hydroxyl groups is 2. The number of nitrogens with zero attached hydrogens (tertiary/aromatic N) is 1. The molecule has 0 radical (unpaired) electrons. The number of hydrogen-bond donors (Lipinski definition) is 2. The first-order valence-electron chi connectivity index (χ1n) is 2.93. The van der Waals surface area contributed by atoms with Gasteiger partial charge in [-0.3, -0.25) is 0 Å². The van der Waals surface area contributed by atoms with Crippen molar-refractivity contribution in [2.75, 3.05) is 0 Å². The lowest BCUT2D eigenvalue weighted by Gasteiger charge is -2.08. The molecule has 0 bridgehead atoms. The second kappa shape index (κ2) is 2.95. The molecule has 0 amide bonds. The molecular weight excluding hydrogens is 211 g/mol. The van der Waals surface area contributed by atoms with Crippen LogP contribution in [0, 0.1) is 0 Å². The molecule has 13 heavy (non-hydrogen) atoms. The summed E-state index contributed by atoms with van der Waals surface area (Å²) in [6.07, 6.45) is 0. The van der Waals surface area contributed by atoms with Gasteiger partial charge in [-0.2, -0.15) is 17.1 Å². The number of halogens is 3. The Balaban J connectivity index is 3.16. The number of aromatic nitrogens is 1. The highest BCUT2D eigenvalue weighted by molar-refractivity contribution is 7.84. The average Bonchev–Trinajstić information content (AvgIpc) is 2.28. The molecule has 8 heteroatoms. The largest absolute Gasteiger partial charge is 0.494 e. The molecule has 1 aromatic rings. The van der Waals surface area contributed by atoms with Gasteiger partial charge in [-0.05, 0) is 0 Å². The van der Waals surface area contributed by atoms with Gasteiger partial charge in [-0.25, -0.2) is 4.21 Å². The highest BCUT2D eigenvalue weighted by atomic mass is 32.2. The predicted octanol–water partition coefficient (Wildman–Crippen LogP) is 0.931. The average molecular weight is 215 g/mol. The van der Waals surface area contributed by atoms with E-state index in [1.807, 2.05) is 0 Å². The molecule has 1 unspecified atom stereocenters. The minimum absolute atomic E-state index is 0.125. The van der Waals surface area contributed by atoms with E-state index >= 15 is 0 Å². The van der Waals surface area contributed by atoms with Crippen LogP contribution in [0.3, 0.4) is 0 Å². The third-order valence-corrected chi connectivity index (χ3v) is 2.26. The standard InChI is InChI=1S/C5H4F3NO3S/c6-5(7,8)13(12)9-3(10)1-2-4(9)11/h1-2,10-11H. The normalized spacial score (nSPS) is 14.4. The first kappa shape index (κ1) is 9.90. The maximum absolute atomic E-state index is 11.8. The molecule has 0 aliphatic carbocycles. The van der Waals surface area contributed by atoms with E-state index in [0.717, 1.165) is 12.1 Å². The number of hydrogen-bond acceptors (Lipinski definition) is 3. The Bertz CT molecular complexity index is 326. The summed E-state index contributed by atoms with van der Waals surface area (Å²) in [6, 6.07) is 1.61. The van der Waals surface area contributed by atoms with E-state index in [4.69, 9.17) is 10.2 Å². The molecule has 0 fully saturated rings. The predicted molar refractivity (Wildman–Crippen MR) is 37.4 cm³/mol. The first-order chi connectivity index (χ1) is 5.84. The van der Waals surface area contributed by atoms with Crippen molar-refractivity contribution in [2.24, 2.45) is 0 Å². The lowest BCUT2D eigenvalue weighted by Crippen LogP contribution is -2.22. The van der Waals surface area contributed by atoms with Gasteiger partial charge < -0.3 is 10.2 Å². The van der Waals surface area contributed by atoms with Crippen molar-refractivity contribution < 1.29 is 27.6 Å². The molecule has 0 aliphatic heterocycles. The summed E-state index contributed by atoms with van der Waals surface area (Å²) in [5.41, 5.74) is -5.02. The lowest BCUT2D eigenvalue weighted by molar-refractivity contribution is -0.0396. The van der Waals surface area contributed by atoms with Crippen molar-refractivity contribution in [1.29, 1.82) is 0 Å². The Hall–Kier alpha value is -1.18. The highest BCUT2D eigenvalue weighted by Crippen LogP contribution is 2.29. The van der Waals surface area contributed by atoms with E-state index < -0.39 is 28.3 Å². The van der Waals surface area contributed by atoms with Crippen molar-refractivity contribution in [3.63, 3.8) is 0 Å². The zero-order chi connectivity index (χ0) is 10.2. The summed E-state index contributed by atoms with van der Waals surface area (Å²) in [4.78, 5) is 0. The maximum atomic E-state index is 11.8. The Morgan fingerprint density at radius 1 is 1.23 bits per heavy atom. The molecule has 0 aromatic carbocycles. The summed E-state index contributed by atoms with van der Waals surface area (Å²) in [5.74, 6) is -1.82. The molecule has 2 N–H and O–H groups in total. The van der Waals surface area contributed by atoms with Crippen LogP contribution in [-0.4, -0.2) is 23.9 Å². The van der Waals surface area contributed by atoms with Gasteiger partial charge in [0.1, 0.15) is 0 Å². The van der Waals surface area contributed by atoms with Crippen LogP contribution in [0.2, 0.25) is 0 Å². The van der Waals surface area contributed by atoms with Crippen molar-refractivity contribution >= 4 is 11.0 Å². The highest BCUT2D eigenvalue weighted by Gasteiger charge is 2.40. The van der Waals surface area contributed by atoms with Gasteiger partial charge in [0.15, 0.2) is 0 Å². The molecule has 0 spiro atoms. The summed E-state index contributed by atoms with van der Waals surface area (Å²) >= 11 is 0. The van der Waals surface area contributed by atoms with E-state index in [1.54, 1.807) is 0 Å². The summed E-state index contributed by atoms with van der Waals surface area (Å²) in [7, 11) is -3.48. The van der Waals surface area contributed by atoms with Gasteiger partial charge in [0, 0.05) is 12.1 Å². The fraction of sp³-hybridized carbons (Fsp3) is 0.200. The molecule has 0 saturated heterocycles. The lowest BCUT2D eigenvalue weighted by atomic mass is 10.6. The van der Waals surface area contributed by atoms with Crippen LogP contribution in [0.4, 0.5) is 13.2 Å². The zero-order valence-corrected chi connectivity index (χ0v) is 6.76. The fourth-order valence-corrected chi connectivity index (χ4v) is 1.34. The molecule has 1 aromatic heterocycles. The Morgan fingerprint density at radius 3 is 1.92 bits per heavy atom. The summed E-state index contributed by atoms with van der Waals surface area (Å²) in [5, 5.41) is 17.6. The van der Waals surface area contributed by atoms with Crippen LogP contribution in [0.1, 0.15) is 0 Å². The van der Waals surface area contributed by atoms with Crippen LogP contribution in [0.5, 0.6) is 11.8 Å². The molecule has 0 aliphatic rings. The summed E-state index contributed by atoms with van der Waals surface area (Å²) < 4.78 is 46.0. The van der Waals surface area contributed by atoms with Gasteiger partial charge in [0.25, 0.3) is 0 Å². The Morgan fingerprint density at radius 2 is 1.62 bits per heavy atom. The van der Waals surface area contributed by atoms with Gasteiger partial charge in [-0.1, -0.05) is 0 Å². The second-order valence-electron chi connectivity index (χ2n) is 2.04. The molecule has 74 valence electrons. The second-order valence-corrected chi connectivity index (χ2v) is 3.37. The van der Waals surface area contributed by atoms with Gasteiger partial charge in [0.05, 0.1) is 0 Å². The monoisotopic (exact) mass is 215 g/mol. The van der Waals surface area contributed by atoms with Crippen molar-refractivity contribution in [3.05, 3.63) is 12.1 Å². The SMILES string of the molecule is O=S(n1c(O)ccc1O)C(F)(F)F. The van der Waals surface area contributed by atoms with E-state index in [9.17, 15) is 17.4 Å². The molecule has 4 nitrogen and oxygen atoms in total. The summed E-state index contributed by atoms with van der Waals surface area (Å²) in [6.45, 7) is 0. The van der Waals surface area contributed by atoms with Crippen LogP contribution in [0.25, 0.3) is 0 Å². The minimum atomic E-state index is -5.02. The van der Waals surface area contributed by atoms with Gasteiger partial charge >= 0.3 is 5.51 Å². The van der Waals surface area contributed by atoms with Crippen LogP contribution in [-0.2, 0) is 11.0 Å². The van der Waals surface area contributed by atoms with Crippen LogP contribution < -0.4 is 0 Å². The molecular formula is C5H4F3NO3S. The minimum Gasteiger partial charge on any atom is -0.494 e. The van der Waals surface area contributed by atoms with Crippen molar-refractivity contribution in [1.82, 2.24) is 3.97 Å². The van der Waals surface area contributed by atoms with E-state index in [1.165, 1.54) is 0 Å². The zero-order valence-electron chi connectivity index (χ0n) is 5.95. The van der Waals surface area contributed by atoms with E-state index in [2.05, 4.69) is 0 Å². The van der Waals surface area contributed by atoms with Crippen LogP contribution in [0.15, 0.2) is 12.1 Å². The molecule has 1 heterocycles. The van der Waals surface area contributed by atoms with Crippen molar-refractivity contribution in [2.45, 2.75) is 5.51 Å². The number of rotatable bonds is 1. The van der Waals surface area contributed by atoms with Gasteiger partial charge in [0.2, 0.25) is 22.7 Å². The Kier molecular flexibility index (Phi) is 2.24. The van der Waals surface area contributed by atoms with Crippen LogP contribution >= 0.6 is 0 Å².